The van der Waals surface area contributed by atoms with Crippen LogP contribution in [0.5, 0.6) is 5.75 Å². The predicted molar refractivity (Wildman–Crippen MR) is 83.2 cm³/mol. The summed E-state index contributed by atoms with van der Waals surface area (Å²) in [5.41, 5.74) is 0. The highest BCUT2D eigenvalue weighted by atomic mass is 35.5. The number of hydrogen-bond acceptors (Lipinski definition) is 3. The third-order valence-electron chi connectivity index (χ3n) is 3.02. The summed E-state index contributed by atoms with van der Waals surface area (Å²) in [6.07, 6.45) is 0. The van der Waals surface area contributed by atoms with E-state index >= 15 is 0 Å². The van der Waals surface area contributed by atoms with Crippen molar-refractivity contribution in [1.82, 2.24) is 10.2 Å². The molecule has 0 aliphatic carbocycles. The SMILES string of the molecule is CC1CNCCN1C(=O)COc1cc(Cl)cc(Cl)c1.Cl. The van der Waals surface area contributed by atoms with E-state index in [0.717, 1.165) is 13.1 Å². The zero-order valence-corrected chi connectivity index (χ0v) is 13.4. The van der Waals surface area contributed by atoms with E-state index in [1.807, 2.05) is 11.8 Å². The number of carbonyl (C=O) groups is 1. The molecule has 7 heteroatoms. The summed E-state index contributed by atoms with van der Waals surface area (Å²) in [5, 5.41) is 4.22. The minimum absolute atomic E-state index is 0. The zero-order valence-electron chi connectivity index (χ0n) is 11.1. The lowest BCUT2D eigenvalue weighted by molar-refractivity contribution is -0.136. The topological polar surface area (TPSA) is 41.6 Å². The van der Waals surface area contributed by atoms with E-state index in [-0.39, 0.29) is 31.0 Å². The fraction of sp³-hybridized carbons (Fsp3) is 0.462. The lowest BCUT2D eigenvalue weighted by Crippen LogP contribution is -2.53. The van der Waals surface area contributed by atoms with E-state index in [1.54, 1.807) is 18.2 Å². The summed E-state index contributed by atoms with van der Waals surface area (Å²) in [4.78, 5) is 13.9. The van der Waals surface area contributed by atoms with Gasteiger partial charge < -0.3 is 15.0 Å². The Morgan fingerprint density at radius 3 is 2.65 bits per heavy atom. The van der Waals surface area contributed by atoms with Gasteiger partial charge in [0.15, 0.2) is 6.61 Å². The maximum Gasteiger partial charge on any atom is 0.260 e. The highest BCUT2D eigenvalue weighted by Crippen LogP contribution is 2.24. The first-order valence-corrected chi connectivity index (χ1v) is 6.91. The second-order valence-corrected chi connectivity index (χ2v) is 5.41. The van der Waals surface area contributed by atoms with Gasteiger partial charge in [-0.15, -0.1) is 12.4 Å². The monoisotopic (exact) mass is 338 g/mol. The van der Waals surface area contributed by atoms with Crippen molar-refractivity contribution < 1.29 is 9.53 Å². The van der Waals surface area contributed by atoms with Gasteiger partial charge in [-0.05, 0) is 25.1 Å². The second-order valence-electron chi connectivity index (χ2n) is 4.53. The molecule has 0 radical (unpaired) electrons. The van der Waals surface area contributed by atoms with Gasteiger partial charge in [-0.2, -0.15) is 0 Å². The number of hydrogen-bond donors (Lipinski definition) is 1. The van der Waals surface area contributed by atoms with Gasteiger partial charge in [0, 0.05) is 35.7 Å². The van der Waals surface area contributed by atoms with Gasteiger partial charge in [-0.25, -0.2) is 0 Å². The largest absolute Gasteiger partial charge is 0.484 e. The van der Waals surface area contributed by atoms with Crippen LogP contribution in [0.3, 0.4) is 0 Å². The van der Waals surface area contributed by atoms with Crippen molar-refractivity contribution in [2.75, 3.05) is 26.2 Å². The van der Waals surface area contributed by atoms with Gasteiger partial charge in [-0.3, -0.25) is 4.79 Å². The molecule has 112 valence electrons. The molecule has 0 aromatic heterocycles. The normalized spacial score (nSPS) is 18.4. The smallest absolute Gasteiger partial charge is 0.260 e. The quantitative estimate of drug-likeness (QED) is 0.920. The summed E-state index contributed by atoms with van der Waals surface area (Å²) >= 11 is 11.7. The van der Waals surface area contributed by atoms with Gasteiger partial charge in [0.05, 0.1) is 0 Å². The van der Waals surface area contributed by atoms with Gasteiger partial charge in [0.2, 0.25) is 0 Å². The van der Waals surface area contributed by atoms with Crippen molar-refractivity contribution in [3.8, 4) is 5.75 Å². The van der Waals surface area contributed by atoms with Gasteiger partial charge >= 0.3 is 0 Å². The van der Waals surface area contributed by atoms with Crippen molar-refractivity contribution >= 4 is 41.5 Å². The average Bonchev–Trinajstić information content (AvgIpc) is 2.35. The average molecular weight is 340 g/mol. The molecule has 1 aliphatic rings. The molecule has 20 heavy (non-hydrogen) atoms. The molecule has 1 N–H and O–H groups in total. The minimum Gasteiger partial charge on any atom is -0.484 e. The fourth-order valence-corrected chi connectivity index (χ4v) is 2.56. The van der Waals surface area contributed by atoms with Crippen LogP contribution in [0.25, 0.3) is 0 Å². The van der Waals surface area contributed by atoms with Gasteiger partial charge in [0.1, 0.15) is 5.75 Å². The summed E-state index contributed by atoms with van der Waals surface area (Å²) in [7, 11) is 0. The molecule has 1 aromatic carbocycles. The summed E-state index contributed by atoms with van der Waals surface area (Å²) in [6, 6.07) is 5.09. The van der Waals surface area contributed by atoms with E-state index in [0.29, 0.717) is 22.3 Å². The zero-order chi connectivity index (χ0) is 13.8. The molecule has 0 saturated carbocycles. The second kappa shape index (κ2) is 7.93. The van der Waals surface area contributed by atoms with Crippen LogP contribution in [0, 0.1) is 0 Å². The van der Waals surface area contributed by atoms with Crippen molar-refractivity contribution in [3.05, 3.63) is 28.2 Å². The number of carbonyl (C=O) groups excluding carboxylic acids is 1. The molecule has 2 rings (SSSR count). The summed E-state index contributed by atoms with van der Waals surface area (Å²) in [6.45, 7) is 4.36. The molecule has 0 bridgehead atoms. The van der Waals surface area contributed by atoms with Crippen molar-refractivity contribution in [1.29, 1.82) is 0 Å². The van der Waals surface area contributed by atoms with Crippen molar-refractivity contribution in [2.24, 2.45) is 0 Å². The van der Waals surface area contributed by atoms with E-state index in [2.05, 4.69) is 5.32 Å². The van der Waals surface area contributed by atoms with Crippen LogP contribution in [0.15, 0.2) is 18.2 Å². The van der Waals surface area contributed by atoms with E-state index in [9.17, 15) is 4.79 Å². The molecular formula is C13H17Cl3N2O2. The molecule has 1 saturated heterocycles. The lowest BCUT2D eigenvalue weighted by atomic mass is 10.2. The maximum atomic E-state index is 12.1. The number of piperazine rings is 1. The van der Waals surface area contributed by atoms with Crippen LogP contribution in [0.1, 0.15) is 6.92 Å². The van der Waals surface area contributed by atoms with Crippen molar-refractivity contribution in [2.45, 2.75) is 13.0 Å². The van der Waals surface area contributed by atoms with Crippen LogP contribution < -0.4 is 10.1 Å². The van der Waals surface area contributed by atoms with Gasteiger partial charge in [-0.1, -0.05) is 23.2 Å². The highest BCUT2D eigenvalue weighted by molar-refractivity contribution is 6.34. The Hall–Kier alpha value is -0.680. The first-order chi connectivity index (χ1) is 9.06. The lowest BCUT2D eigenvalue weighted by Gasteiger charge is -2.33. The molecular weight excluding hydrogens is 323 g/mol. The number of rotatable bonds is 3. The predicted octanol–water partition coefficient (Wildman–Crippen LogP) is 2.61. The first kappa shape index (κ1) is 17.4. The molecule has 1 aromatic rings. The van der Waals surface area contributed by atoms with Crippen LogP contribution in [-0.2, 0) is 4.79 Å². The third kappa shape index (κ3) is 4.70. The van der Waals surface area contributed by atoms with Gasteiger partial charge in [0.25, 0.3) is 5.91 Å². The van der Waals surface area contributed by atoms with Crippen LogP contribution >= 0.6 is 35.6 Å². The standard InChI is InChI=1S/C13H16Cl2N2O2.ClH/c1-9-7-16-2-3-17(9)13(18)8-19-12-5-10(14)4-11(15)6-12;/h4-6,9,16H,2-3,7-8H2,1H3;1H. The van der Waals surface area contributed by atoms with Crippen LogP contribution in [0.4, 0.5) is 0 Å². The molecule has 1 fully saturated rings. The van der Waals surface area contributed by atoms with Crippen LogP contribution in [0.2, 0.25) is 10.0 Å². The minimum atomic E-state index is -0.0231. The molecule has 1 atom stereocenters. The summed E-state index contributed by atoms with van der Waals surface area (Å²) < 4.78 is 5.45. The molecule has 1 aliphatic heterocycles. The molecule has 1 unspecified atom stereocenters. The van der Waals surface area contributed by atoms with E-state index in [1.165, 1.54) is 0 Å². The first-order valence-electron chi connectivity index (χ1n) is 6.15. The number of amides is 1. The Morgan fingerprint density at radius 2 is 2.05 bits per heavy atom. The number of nitrogens with zero attached hydrogens (tertiary/aromatic N) is 1. The fourth-order valence-electron chi connectivity index (χ4n) is 2.05. The molecule has 1 heterocycles. The number of ether oxygens (including phenoxy) is 1. The molecule has 1 amide bonds. The van der Waals surface area contributed by atoms with E-state index in [4.69, 9.17) is 27.9 Å². The molecule has 0 spiro atoms. The number of benzene rings is 1. The Balaban J connectivity index is 0.00000200. The molecule has 4 nitrogen and oxygen atoms in total. The summed E-state index contributed by atoms with van der Waals surface area (Å²) in [5.74, 6) is 0.485. The third-order valence-corrected chi connectivity index (χ3v) is 3.46. The number of halogens is 3. The highest BCUT2D eigenvalue weighted by Gasteiger charge is 2.23. The van der Waals surface area contributed by atoms with Crippen LogP contribution in [-0.4, -0.2) is 43.1 Å². The Morgan fingerprint density at radius 1 is 1.40 bits per heavy atom. The number of nitrogens with one attached hydrogen (secondary N) is 1. The Kier molecular flexibility index (Phi) is 6.89. The van der Waals surface area contributed by atoms with E-state index < -0.39 is 0 Å². The van der Waals surface area contributed by atoms with Crippen molar-refractivity contribution in [3.63, 3.8) is 0 Å². The maximum absolute atomic E-state index is 12.1. The Bertz CT molecular complexity index is 451. The Labute approximate surface area is 134 Å².